The average molecular weight is 358 g/mol. The highest BCUT2D eigenvalue weighted by Gasteiger charge is 2.45. The first kappa shape index (κ1) is 16.8. The molecule has 1 fully saturated rings. The van der Waals surface area contributed by atoms with E-state index >= 15 is 0 Å². The van der Waals surface area contributed by atoms with E-state index in [0.717, 1.165) is 11.6 Å². The van der Waals surface area contributed by atoms with Gasteiger partial charge in [0.1, 0.15) is 17.5 Å². The molecule has 1 aromatic heterocycles. The quantitative estimate of drug-likeness (QED) is 0.660. The van der Waals surface area contributed by atoms with Crippen LogP contribution in [0.25, 0.3) is 22.2 Å². The molecule has 3 aromatic rings. The van der Waals surface area contributed by atoms with Gasteiger partial charge in [-0.3, -0.25) is 4.99 Å². The second-order valence-electron chi connectivity index (χ2n) is 6.94. The normalized spacial score (nSPS) is 22.4. The minimum Gasteiger partial charge on any atom is -0.388 e. The average Bonchev–Trinajstić information content (AvgIpc) is 2.92. The van der Waals surface area contributed by atoms with Crippen LogP contribution in [-0.4, -0.2) is 29.0 Å². The van der Waals surface area contributed by atoms with Gasteiger partial charge in [-0.25, -0.2) is 13.2 Å². The zero-order valence-corrected chi connectivity index (χ0v) is 13.9. The summed E-state index contributed by atoms with van der Waals surface area (Å²) in [6.07, 6.45) is 0.844. The van der Waals surface area contributed by atoms with Crippen molar-refractivity contribution in [2.45, 2.75) is 24.4 Å². The highest BCUT2D eigenvalue weighted by atomic mass is 19.1. The molecule has 3 nitrogen and oxygen atoms in total. The number of fused-ring (bicyclic) bond motifs is 1. The van der Waals surface area contributed by atoms with Crippen LogP contribution in [0, 0.1) is 17.5 Å². The smallest absolute Gasteiger partial charge is 0.150 e. The summed E-state index contributed by atoms with van der Waals surface area (Å²) in [6, 6.07) is 7.94. The Hall–Kier alpha value is -2.60. The lowest BCUT2D eigenvalue weighted by Gasteiger charge is -2.43. The molecule has 0 radical (unpaired) electrons. The number of aromatic nitrogens is 1. The number of nitrogens with one attached hydrogen (secondary N) is 1. The first-order chi connectivity index (χ1) is 12.4. The molecule has 0 saturated heterocycles. The SMILES string of the molecule is C=NC[C@]1(O)C[C@@H](c2c(-c3ccc(F)cc3)[nH]c3c(F)cc(F)cc32)C1. The van der Waals surface area contributed by atoms with Gasteiger partial charge in [0.2, 0.25) is 0 Å². The Kier molecular flexibility index (Phi) is 3.88. The molecule has 1 saturated carbocycles. The first-order valence-corrected chi connectivity index (χ1v) is 8.31. The predicted molar refractivity (Wildman–Crippen MR) is 94.9 cm³/mol. The van der Waals surface area contributed by atoms with Crippen molar-refractivity contribution >= 4 is 17.6 Å². The maximum Gasteiger partial charge on any atom is 0.150 e. The van der Waals surface area contributed by atoms with Crippen LogP contribution >= 0.6 is 0 Å². The first-order valence-electron chi connectivity index (χ1n) is 8.31. The van der Waals surface area contributed by atoms with Gasteiger partial charge in [0.15, 0.2) is 0 Å². The lowest BCUT2D eigenvalue weighted by molar-refractivity contribution is -0.0390. The van der Waals surface area contributed by atoms with E-state index < -0.39 is 17.2 Å². The molecule has 2 aromatic carbocycles. The zero-order valence-electron chi connectivity index (χ0n) is 13.9. The highest BCUT2D eigenvalue weighted by molar-refractivity contribution is 5.92. The number of hydrogen-bond donors (Lipinski definition) is 2. The monoisotopic (exact) mass is 358 g/mol. The number of aliphatic hydroxyl groups is 1. The van der Waals surface area contributed by atoms with Crippen molar-refractivity contribution in [1.82, 2.24) is 4.98 Å². The van der Waals surface area contributed by atoms with Crippen LogP contribution in [0.5, 0.6) is 0 Å². The van der Waals surface area contributed by atoms with Crippen molar-refractivity contribution in [2.24, 2.45) is 4.99 Å². The summed E-state index contributed by atoms with van der Waals surface area (Å²) in [4.78, 5) is 6.78. The Balaban J connectivity index is 1.87. The van der Waals surface area contributed by atoms with Crippen molar-refractivity contribution in [3.8, 4) is 11.3 Å². The molecule has 1 aliphatic carbocycles. The Labute approximate surface area is 148 Å². The molecule has 4 rings (SSSR count). The van der Waals surface area contributed by atoms with Gasteiger partial charge in [0.25, 0.3) is 0 Å². The van der Waals surface area contributed by atoms with Gasteiger partial charge < -0.3 is 10.1 Å². The van der Waals surface area contributed by atoms with E-state index in [1.54, 1.807) is 12.1 Å². The van der Waals surface area contributed by atoms with Gasteiger partial charge in [-0.2, -0.15) is 0 Å². The molecular weight excluding hydrogens is 341 g/mol. The number of H-pyrrole nitrogens is 1. The van der Waals surface area contributed by atoms with E-state index in [-0.39, 0.29) is 23.8 Å². The molecule has 6 heteroatoms. The van der Waals surface area contributed by atoms with Crippen molar-refractivity contribution in [1.29, 1.82) is 0 Å². The molecule has 134 valence electrons. The number of benzene rings is 2. The van der Waals surface area contributed by atoms with Crippen LogP contribution < -0.4 is 0 Å². The maximum absolute atomic E-state index is 14.3. The number of hydrogen-bond acceptors (Lipinski definition) is 2. The Bertz CT molecular complexity index is 988. The van der Waals surface area contributed by atoms with Crippen molar-refractivity contribution in [2.75, 3.05) is 6.54 Å². The van der Waals surface area contributed by atoms with Gasteiger partial charge in [-0.1, -0.05) is 0 Å². The minimum absolute atomic E-state index is 0.0863. The number of nitrogens with zero attached hydrogens (tertiary/aromatic N) is 1. The largest absolute Gasteiger partial charge is 0.388 e. The van der Waals surface area contributed by atoms with Crippen molar-refractivity contribution in [3.05, 3.63) is 59.4 Å². The summed E-state index contributed by atoms with van der Waals surface area (Å²) in [7, 11) is 0. The number of rotatable bonds is 4. The van der Waals surface area contributed by atoms with E-state index in [1.165, 1.54) is 18.2 Å². The Morgan fingerprint density at radius 1 is 1.12 bits per heavy atom. The molecule has 0 unspecified atom stereocenters. The fourth-order valence-electron chi connectivity index (χ4n) is 3.91. The van der Waals surface area contributed by atoms with Crippen LogP contribution in [0.3, 0.4) is 0 Å². The third kappa shape index (κ3) is 2.70. The Morgan fingerprint density at radius 2 is 1.81 bits per heavy atom. The van der Waals surface area contributed by atoms with Crippen LogP contribution in [0.4, 0.5) is 13.2 Å². The van der Waals surface area contributed by atoms with Crippen LogP contribution in [0.2, 0.25) is 0 Å². The standard InChI is InChI=1S/C20H17F3N2O/c1-24-10-20(26)8-12(9-20)17-15-6-14(22)7-16(23)19(15)25-18(17)11-2-4-13(21)5-3-11/h2-7,12,25-26H,1,8-10H2/t12-,20+. The lowest BCUT2D eigenvalue weighted by Crippen LogP contribution is -2.45. The maximum atomic E-state index is 14.3. The van der Waals surface area contributed by atoms with Crippen LogP contribution in [0.1, 0.15) is 24.3 Å². The fraction of sp³-hybridized carbons (Fsp3) is 0.250. The molecule has 1 aliphatic rings. The summed E-state index contributed by atoms with van der Waals surface area (Å²) in [6.45, 7) is 3.63. The molecule has 0 amide bonds. The van der Waals surface area contributed by atoms with Crippen LogP contribution in [-0.2, 0) is 0 Å². The van der Waals surface area contributed by atoms with Gasteiger partial charge in [-0.05, 0) is 66.9 Å². The summed E-state index contributed by atoms with van der Waals surface area (Å²) in [5.41, 5.74) is 1.29. The second kappa shape index (κ2) is 5.99. The van der Waals surface area contributed by atoms with E-state index in [9.17, 15) is 18.3 Å². The third-order valence-electron chi connectivity index (χ3n) is 5.06. The topological polar surface area (TPSA) is 48.4 Å². The predicted octanol–water partition coefficient (Wildman–Crippen LogP) is 4.56. The summed E-state index contributed by atoms with van der Waals surface area (Å²) < 4.78 is 41.4. The van der Waals surface area contributed by atoms with E-state index in [4.69, 9.17) is 0 Å². The van der Waals surface area contributed by atoms with E-state index in [0.29, 0.717) is 29.5 Å². The number of aromatic amines is 1. The van der Waals surface area contributed by atoms with Crippen molar-refractivity contribution in [3.63, 3.8) is 0 Å². The molecule has 26 heavy (non-hydrogen) atoms. The van der Waals surface area contributed by atoms with Crippen LogP contribution in [0.15, 0.2) is 41.4 Å². The van der Waals surface area contributed by atoms with Gasteiger partial charge >= 0.3 is 0 Å². The molecule has 1 heterocycles. The summed E-state index contributed by atoms with van der Waals surface area (Å²) >= 11 is 0. The number of halogens is 3. The summed E-state index contributed by atoms with van der Waals surface area (Å²) in [5, 5.41) is 10.9. The molecule has 0 spiro atoms. The van der Waals surface area contributed by atoms with Gasteiger partial charge in [-0.15, -0.1) is 0 Å². The van der Waals surface area contributed by atoms with Gasteiger partial charge in [0.05, 0.1) is 23.4 Å². The number of aliphatic imine (C=N–C) groups is 1. The molecule has 0 atom stereocenters. The summed E-state index contributed by atoms with van der Waals surface area (Å²) in [5.74, 6) is -1.81. The van der Waals surface area contributed by atoms with E-state index in [2.05, 4.69) is 16.7 Å². The van der Waals surface area contributed by atoms with Gasteiger partial charge in [0, 0.05) is 11.5 Å². The highest BCUT2D eigenvalue weighted by Crippen LogP contribution is 2.50. The third-order valence-corrected chi connectivity index (χ3v) is 5.06. The van der Waals surface area contributed by atoms with Crippen molar-refractivity contribution < 1.29 is 18.3 Å². The fourth-order valence-corrected chi connectivity index (χ4v) is 3.91. The molecule has 2 N–H and O–H groups in total. The van der Waals surface area contributed by atoms with E-state index in [1.807, 2.05) is 0 Å². The minimum atomic E-state index is -0.943. The Morgan fingerprint density at radius 3 is 2.46 bits per heavy atom. The molecule has 0 bridgehead atoms. The molecular formula is C20H17F3N2O. The zero-order chi connectivity index (χ0) is 18.5. The lowest BCUT2D eigenvalue weighted by atomic mass is 9.67. The second-order valence-corrected chi connectivity index (χ2v) is 6.94. The molecule has 0 aliphatic heterocycles.